The molecular weight excluding hydrogens is 1660 g/mol. The van der Waals surface area contributed by atoms with Crippen molar-refractivity contribution in [3.63, 3.8) is 0 Å². The van der Waals surface area contributed by atoms with Gasteiger partial charge in [-0.25, -0.2) is 29.9 Å². The number of hydrogen-bond acceptors (Lipinski definition) is 9. The molecule has 0 aliphatic rings. The Bertz CT molecular complexity index is 10200. The largest absolute Gasteiger partial charge is 0.455 e. The second-order valence-corrected chi connectivity index (χ2v) is 35.0. The Kier molecular flexibility index (Phi) is 17.2. The van der Waals surface area contributed by atoms with Gasteiger partial charge in [-0.2, -0.15) is 0 Å². The zero-order chi connectivity index (χ0) is 89.2. The van der Waals surface area contributed by atoms with Crippen LogP contribution in [-0.2, 0) is 0 Å². The van der Waals surface area contributed by atoms with Crippen molar-refractivity contribution < 1.29 is 13.3 Å². The molecule has 0 atom stereocenters. The van der Waals surface area contributed by atoms with E-state index in [1.54, 1.807) is 0 Å². The van der Waals surface area contributed by atoms with Crippen LogP contribution in [0.4, 0.5) is 0 Å². The predicted octanol–water partition coefficient (Wildman–Crippen LogP) is 32.8. The number of nitrogens with zero attached hydrogens (tertiary/aromatic N) is 9. The van der Waals surface area contributed by atoms with Gasteiger partial charge in [0, 0.05) is 65.2 Å². The van der Waals surface area contributed by atoms with E-state index in [0.717, 1.165) is 259 Å². The lowest BCUT2D eigenvalue weighted by molar-refractivity contribution is 0.667. The third-order valence-electron chi connectivity index (χ3n) is 27.3. The Morgan fingerprint density at radius 1 is 0.154 bits per heavy atom. The third kappa shape index (κ3) is 12.0. The number of benzene rings is 21. The van der Waals surface area contributed by atoms with E-state index in [4.69, 9.17) is 43.2 Å². The lowest BCUT2D eigenvalue weighted by Crippen LogP contribution is -2.03. The van der Waals surface area contributed by atoms with Crippen molar-refractivity contribution in [2.45, 2.75) is 0 Å². The van der Waals surface area contributed by atoms with Crippen LogP contribution in [0.5, 0.6) is 0 Å². The summed E-state index contributed by atoms with van der Waals surface area (Å²) in [5.41, 5.74) is 26.9. The SMILES string of the molecule is c1ccc(-c2ccc(-c3nc4ccccc4nc3-n3c4cccc5c6ccccc6oc6c7ccccc7cc3c6c54)cc2)cc1.c1ccc(-c2nc3ccccc3nc2-n2c3cccc4c5ccccc5oc5c6ccccc6cc2c5c43)cc1.c1ccc2cc(-c3ccc(-c4nc5ccccc5nc4-n4c5cccc6c7ccccc7oc7c8ccccc8cc4c7c65)cc3)ccc2c1. The highest BCUT2D eigenvalue weighted by atomic mass is 16.3. The van der Waals surface area contributed by atoms with E-state index in [1.807, 2.05) is 103 Å². The van der Waals surface area contributed by atoms with E-state index in [-0.39, 0.29) is 0 Å². The van der Waals surface area contributed by atoms with Crippen molar-refractivity contribution in [3.8, 4) is 73.5 Å². The van der Waals surface area contributed by atoms with Gasteiger partial charge < -0.3 is 13.3 Å². The minimum absolute atomic E-state index is 0.786. The molecule has 0 aliphatic carbocycles. The van der Waals surface area contributed by atoms with E-state index in [2.05, 4.69) is 353 Å². The highest BCUT2D eigenvalue weighted by Crippen LogP contribution is 2.50. The quantitative estimate of drug-likeness (QED) is 0.146. The van der Waals surface area contributed by atoms with Crippen molar-refractivity contribution >= 4 is 207 Å². The Balaban J connectivity index is 0.000000102. The molecule has 0 radical (unpaired) electrons. The summed E-state index contributed by atoms with van der Waals surface area (Å²) in [7, 11) is 0. The molecule has 0 saturated carbocycles. The van der Waals surface area contributed by atoms with E-state index in [9.17, 15) is 0 Å². The fraction of sp³-hybridized carbons (Fsp3) is 0. The summed E-state index contributed by atoms with van der Waals surface area (Å²) in [6, 6.07) is 154. The molecule has 30 aromatic rings. The first kappa shape index (κ1) is 76.4. The molecule has 0 N–H and O–H groups in total. The molecule has 0 amide bonds. The monoisotopic (exact) mass is 1740 g/mol. The standard InChI is InChI=1S/C46H27N3O.C42H25N3O.C36H21N3O/c1-2-11-31-26-32(25-22-28(31)10-1)29-20-23-30(24-21-29)44-46(48-38-17-7-6-16-37(38)47-44)49-39-18-9-15-36-35-14-5-8-19-41(35)50-45-34-13-4-3-12-33(34)27-40(49)43(45)42(36)39;1-2-11-26(12-3-1)27-21-23-28(24-22-27)40-42(44-34-18-8-7-17-33(34)43-40)45-35-19-10-16-32-31-15-6-9-20-37(31)46-41-30-14-5-4-13-29(30)25-36(45)39(41)38(32)35;1-2-11-22(12-3-1)34-36(38-28-18-8-7-17-27(28)37-34)39-29-19-10-16-26-25-15-6-9-20-31(25)40-35-24-14-5-4-13-23(24)21-30(39)33(35)32(26)29/h1-27H;1-25H;1-21H. The van der Waals surface area contributed by atoms with Crippen LogP contribution >= 0.6 is 0 Å². The van der Waals surface area contributed by atoms with Crippen LogP contribution in [0, 0.1) is 0 Å². The summed E-state index contributed by atoms with van der Waals surface area (Å²) in [5, 5.41) is 22.5. The van der Waals surface area contributed by atoms with Gasteiger partial charge in [-0.3, -0.25) is 13.7 Å². The van der Waals surface area contributed by atoms with Crippen molar-refractivity contribution in [3.05, 3.63) is 443 Å². The Labute approximate surface area is 775 Å². The molecule has 21 aromatic carbocycles. The Morgan fingerprint density at radius 3 is 0.779 bits per heavy atom. The van der Waals surface area contributed by atoms with E-state index >= 15 is 0 Å². The number of para-hydroxylation sites is 9. The van der Waals surface area contributed by atoms with Crippen LogP contribution in [0.15, 0.2) is 456 Å². The first-order chi connectivity index (χ1) is 67.4. The van der Waals surface area contributed by atoms with Crippen LogP contribution in [0.1, 0.15) is 0 Å². The maximum absolute atomic E-state index is 6.90. The molecule has 0 aliphatic heterocycles. The maximum Gasteiger partial charge on any atom is 0.165 e. The predicted molar refractivity (Wildman–Crippen MR) is 561 cm³/mol. The molecule has 0 fully saturated rings. The topological polar surface area (TPSA) is 132 Å². The summed E-state index contributed by atoms with van der Waals surface area (Å²) in [5.74, 6) is 2.38. The fourth-order valence-corrected chi connectivity index (χ4v) is 21.1. The van der Waals surface area contributed by atoms with E-state index in [0.29, 0.717) is 0 Å². The summed E-state index contributed by atoms with van der Waals surface area (Å²) >= 11 is 0. The molecule has 136 heavy (non-hydrogen) atoms. The van der Waals surface area contributed by atoms with Gasteiger partial charge in [-0.05, 0) is 162 Å². The average molecular weight is 1740 g/mol. The number of fused-ring (bicyclic) bond motifs is 16. The average Bonchev–Trinajstić information content (AvgIpc) is 1.54. The summed E-state index contributed by atoms with van der Waals surface area (Å²) in [4.78, 5) is 31.8. The zero-order valence-corrected chi connectivity index (χ0v) is 72.9. The molecule has 0 spiro atoms. The Hall–Kier alpha value is -18.5. The molecule has 9 heterocycles. The van der Waals surface area contributed by atoms with Gasteiger partial charge in [0.15, 0.2) is 17.5 Å². The Morgan fingerprint density at radius 2 is 0.412 bits per heavy atom. The summed E-state index contributed by atoms with van der Waals surface area (Å²) in [6.07, 6.45) is 0. The van der Waals surface area contributed by atoms with Gasteiger partial charge in [-0.1, -0.05) is 346 Å². The highest BCUT2D eigenvalue weighted by Gasteiger charge is 2.30. The fourth-order valence-electron chi connectivity index (χ4n) is 21.1. The molecule has 0 unspecified atom stereocenters. The smallest absolute Gasteiger partial charge is 0.165 e. The molecule has 0 bridgehead atoms. The molecule has 9 aromatic heterocycles. The maximum atomic E-state index is 6.90. The molecule has 0 saturated heterocycles. The molecule has 30 rings (SSSR count). The van der Waals surface area contributed by atoms with Crippen LogP contribution in [0.3, 0.4) is 0 Å². The molecular formula is C124H73N9O3. The molecule has 632 valence electrons. The number of hydrogen-bond donors (Lipinski definition) is 0. The van der Waals surface area contributed by atoms with Crippen molar-refractivity contribution in [1.82, 2.24) is 43.6 Å². The van der Waals surface area contributed by atoms with Crippen molar-refractivity contribution in [2.24, 2.45) is 0 Å². The van der Waals surface area contributed by atoms with Crippen molar-refractivity contribution in [1.29, 1.82) is 0 Å². The molecule has 12 heteroatoms. The van der Waals surface area contributed by atoms with Crippen LogP contribution in [-0.4, -0.2) is 43.6 Å². The van der Waals surface area contributed by atoms with Crippen LogP contribution < -0.4 is 0 Å². The third-order valence-corrected chi connectivity index (χ3v) is 27.3. The summed E-state index contributed by atoms with van der Waals surface area (Å²) in [6.45, 7) is 0. The lowest BCUT2D eigenvalue weighted by Gasteiger charge is -2.15. The minimum Gasteiger partial charge on any atom is -0.455 e. The van der Waals surface area contributed by atoms with Gasteiger partial charge in [0.05, 0.1) is 82.4 Å². The van der Waals surface area contributed by atoms with Crippen LogP contribution in [0.25, 0.3) is 281 Å². The second-order valence-electron chi connectivity index (χ2n) is 35.0. The second kappa shape index (κ2) is 30.6. The van der Waals surface area contributed by atoms with Gasteiger partial charge in [-0.15, -0.1) is 0 Å². The normalized spacial score (nSPS) is 12.0. The first-order valence-corrected chi connectivity index (χ1v) is 45.9. The zero-order valence-electron chi connectivity index (χ0n) is 72.9. The van der Waals surface area contributed by atoms with Gasteiger partial charge in [0.2, 0.25) is 0 Å². The van der Waals surface area contributed by atoms with E-state index < -0.39 is 0 Å². The highest BCUT2D eigenvalue weighted by molar-refractivity contribution is 6.34. The van der Waals surface area contributed by atoms with Gasteiger partial charge in [0.25, 0.3) is 0 Å². The first-order valence-electron chi connectivity index (χ1n) is 45.9. The van der Waals surface area contributed by atoms with Gasteiger partial charge >= 0.3 is 0 Å². The van der Waals surface area contributed by atoms with Gasteiger partial charge in [0.1, 0.15) is 50.6 Å². The number of aromatic nitrogens is 9. The van der Waals surface area contributed by atoms with Crippen molar-refractivity contribution in [2.75, 3.05) is 0 Å². The van der Waals surface area contributed by atoms with E-state index in [1.165, 1.54) is 21.9 Å². The molecule has 12 nitrogen and oxygen atoms in total. The number of rotatable bonds is 8. The minimum atomic E-state index is 0.786. The van der Waals surface area contributed by atoms with Crippen LogP contribution in [0.2, 0.25) is 0 Å². The lowest BCUT2D eigenvalue weighted by atomic mass is 9.99. The summed E-state index contributed by atoms with van der Waals surface area (Å²) < 4.78 is 27.5.